The van der Waals surface area contributed by atoms with Gasteiger partial charge >= 0.3 is 5.97 Å². The molecule has 0 spiro atoms. The highest BCUT2D eigenvalue weighted by atomic mass is 32.1. The lowest BCUT2D eigenvalue weighted by molar-refractivity contribution is -0.124. The molecule has 0 saturated carbocycles. The third-order valence-corrected chi connectivity index (χ3v) is 4.21. The molecule has 0 aliphatic carbocycles. The Balaban J connectivity index is 1.95. The number of carbonyl (C=O) groups excluding carboxylic acids is 2. The number of rotatable bonds is 7. The van der Waals surface area contributed by atoms with Gasteiger partial charge in [-0.05, 0) is 25.5 Å². The summed E-state index contributed by atoms with van der Waals surface area (Å²) in [5, 5.41) is 3.35. The molecule has 0 radical (unpaired) electrons. The molecular formula is C16H19N3O3S. The molecular weight excluding hydrogens is 314 g/mol. The van der Waals surface area contributed by atoms with Crippen LogP contribution in [0.4, 0.5) is 0 Å². The van der Waals surface area contributed by atoms with Crippen LogP contribution in [0.1, 0.15) is 35.1 Å². The van der Waals surface area contributed by atoms with E-state index in [1.165, 1.54) is 11.3 Å². The fourth-order valence-electron chi connectivity index (χ4n) is 1.84. The average Bonchev–Trinajstić information content (AvgIpc) is 2.96. The summed E-state index contributed by atoms with van der Waals surface area (Å²) in [6.07, 6.45) is 3.57. The molecule has 0 aromatic carbocycles. The van der Waals surface area contributed by atoms with E-state index >= 15 is 0 Å². The fourth-order valence-corrected chi connectivity index (χ4v) is 2.77. The molecule has 2 rings (SSSR count). The van der Waals surface area contributed by atoms with Crippen LogP contribution < -0.4 is 5.32 Å². The second kappa shape index (κ2) is 8.38. The van der Waals surface area contributed by atoms with Gasteiger partial charge in [-0.2, -0.15) is 0 Å². The first kappa shape index (κ1) is 17.1. The topological polar surface area (TPSA) is 81.2 Å². The summed E-state index contributed by atoms with van der Waals surface area (Å²) in [5.74, 6) is -0.827. The number of nitrogens with zero attached hydrogens (tertiary/aromatic N) is 2. The molecule has 1 N–H and O–H groups in total. The second-order valence-electron chi connectivity index (χ2n) is 4.93. The van der Waals surface area contributed by atoms with E-state index in [0.717, 1.165) is 12.8 Å². The van der Waals surface area contributed by atoms with Gasteiger partial charge in [-0.1, -0.05) is 19.4 Å². The maximum absolute atomic E-state index is 12.1. The van der Waals surface area contributed by atoms with Gasteiger partial charge < -0.3 is 10.1 Å². The standard InChI is InChI=1S/C16H19N3O3S/c1-3-4-8-18-13(20)10-22-16(21)14-11(2)19-15(23-14)12-7-5-6-9-17-12/h5-7,9H,3-4,8,10H2,1-2H3,(H,18,20). The van der Waals surface area contributed by atoms with Crippen LogP contribution in [0.2, 0.25) is 0 Å². The number of hydrogen-bond acceptors (Lipinski definition) is 6. The molecule has 1 amide bonds. The van der Waals surface area contributed by atoms with E-state index in [0.29, 0.717) is 27.8 Å². The van der Waals surface area contributed by atoms with Gasteiger partial charge in [0.25, 0.3) is 5.91 Å². The zero-order chi connectivity index (χ0) is 16.7. The van der Waals surface area contributed by atoms with Gasteiger partial charge in [0.15, 0.2) is 6.61 Å². The molecule has 2 aromatic heterocycles. The van der Waals surface area contributed by atoms with Crippen LogP contribution in [0.3, 0.4) is 0 Å². The van der Waals surface area contributed by atoms with Crippen molar-refractivity contribution in [3.8, 4) is 10.7 Å². The van der Waals surface area contributed by atoms with Crippen LogP contribution >= 0.6 is 11.3 Å². The van der Waals surface area contributed by atoms with E-state index in [9.17, 15) is 9.59 Å². The molecule has 7 heteroatoms. The molecule has 0 aliphatic rings. The first-order chi connectivity index (χ1) is 11.1. The van der Waals surface area contributed by atoms with Crippen molar-refractivity contribution in [1.82, 2.24) is 15.3 Å². The number of unbranched alkanes of at least 4 members (excludes halogenated alkanes) is 1. The highest BCUT2D eigenvalue weighted by Gasteiger charge is 2.18. The molecule has 2 aromatic rings. The van der Waals surface area contributed by atoms with Crippen molar-refractivity contribution < 1.29 is 14.3 Å². The van der Waals surface area contributed by atoms with Crippen LogP contribution in [0.25, 0.3) is 10.7 Å². The number of hydrogen-bond donors (Lipinski definition) is 1. The molecule has 23 heavy (non-hydrogen) atoms. The molecule has 0 aliphatic heterocycles. The monoisotopic (exact) mass is 333 g/mol. The van der Waals surface area contributed by atoms with Gasteiger partial charge in [-0.15, -0.1) is 11.3 Å². The summed E-state index contributed by atoms with van der Waals surface area (Å²) in [7, 11) is 0. The third kappa shape index (κ3) is 4.85. The van der Waals surface area contributed by atoms with Crippen LogP contribution in [-0.2, 0) is 9.53 Å². The summed E-state index contributed by atoms with van der Waals surface area (Å²) >= 11 is 1.21. The molecule has 0 unspecified atom stereocenters. The fraction of sp³-hybridized carbons (Fsp3) is 0.375. The summed E-state index contributed by atoms with van der Waals surface area (Å²) in [6, 6.07) is 5.50. The predicted octanol–water partition coefficient (Wildman–Crippen LogP) is 2.59. The number of amides is 1. The van der Waals surface area contributed by atoms with Crippen LogP contribution in [0.15, 0.2) is 24.4 Å². The van der Waals surface area contributed by atoms with E-state index in [-0.39, 0.29) is 12.5 Å². The number of esters is 1. The van der Waals surface area contributed by atoms with Gasteiger partial charge in [0.1, 0.15) is 9.88 Å². The SMILES string of the molecule is CCCCNC(=O)COC(=O)c1sc(-c2ccccn2)nc1C. The Morgan fingerprint density at radius 1 is 1.35 bits per heavy atom. The van der Waals surface area contributed by atoms with Crippen LogP contribution in [0.5, 0.6) is 0 Å². The normalized spacial score (nSPS) is 10.3. The third-order valence-electron chi connectivity index (χ3n) is 3.05. The van der Waals surface area contributed by atoms with Gasteiger partial charge in [0, 0.05) is 12.7 Å². The number of thiazole rings is 1. The molecule has 6 nitrogen and oxygen atoms in total. The van der Waals surface area contributed by atoms with Crippen molar-refractivity contribution in [2.75, 3.05) is 13.2 Å². The Labute approximate surface area is 138 Å². The van der Waals surface area contributed by atoms with Crippen LogP contribution in [0, 0.1) is 6.92 Å². The summed E-state index contributed by atoms with van der Waals surface area (Å²) in [5.41, 5.74) is 1.28. The number of carbonyl (C=O) groups is 2. The first-order valence-electron chi connectivity index (χ1n) is 7.44. The van der Waals surface area contributed by atoms with Crippen molar-refractivity contribution in [2.45, 2.75) is 26.7 Å². The van der Waals surface area contributed by atoms with E-state index in [2.05, 4.69) is 15.3 Å². The molecule has 0 saturated heterocycles. The van der Waals surface area contributed by atoms with Gasteiger partial charge in [0.2, 0.25) is 0 Å². The Bertz CT molecular complexity index is 670. The minimum absolute atomic E-state index is 0.279. The second-order valence-corrected chi connectivity index (χ2v) is 5.93. The minimum Gasteiger partial charge on any atom is -0.451 e. The lowest BCUT2D eigenvalue weighted by Gasteiger charge is -2.05. The van der Waals surface area contributed by atoms with E-state index in [4.69, 9.17) is 4.74 Å². The maximum Gasteiger partial charge on any atom is 0.350 e. The van der Waals surface area contributed by atoms with Gasteiger partial charge in [0.05, 0.1) is 11.4 Å². The number of aryl methyl sites for hydroxylation is 1. The Hall–Kier alpha value is -2.28. The van der Waals surface area contributed by atoms with Crippen molar-refractivity contribution in [2.24, 2.45) is 0 Å². The lowest BCUT2D eigenvalue weighted by atomic mass is 10.3. The number of ether oxygens (including phenoxy) is 1. The van der Waals surface area contributed by atoms with Crippen LogP contribution in [-0.4, -0.2) is 35.0 Å². The van der Waals surface area contributed by atoms with Crippen molar-refractivity contribution in [3.05, 3.63) is 35.0 Å². The zero-order valence-electron chi connectivity index (χ0n) is 13.2. The Morgan fingerprint density at radius 3 is 2.87 bits per heavy atom. The quantitative estimate of drug-likeness (QED) is 0.622. The average molecular weight is 333 g/mol. The van der Waals surface area contributed by atoms with Gasteiger partial charge in [-0.3, -0.25) is 9.78 Å². The number of nitrogens with one attached hydrogen (secondary N) is 1. The minimum atomic E-state index is -0.534. The molecule has 0 fully saturated rings. The molecule has 0 atom stereocenters. The van der Waals surface area contributed by atoms with Crippen molar-refractivity contribution in [1.29, 1.82) is 0 Å². The molecule has 0 bridgehead atoms. The number of aromatic nitrogens is 2. The summed E-state index contributed by atoms with van der Waals surface area (Å²) in [6.45, 7) is 4.09. The summed E-state index contributed by atoms with van der Waals surface area (Å²) < 4.78 is 5.05. The summed E-state index contributed by atoms with van der Waals surface area (Å²) in [4.78, 5) is 32.6. The van der Waals surface area contributed by atoms with Crippen molar-refractivity contribution in [3.63, 3.8) is 0 Å². The van der Waals surface area contributed by atoms with E-state index < -0.39 is 5.97 Å². The smallest absolute Gasteiger partial charge is 0.350 e. The lowest BCUT2D eigenvalue weighted by Crippen LogP contribution is -2.29. The van der Waals surface area contributed by atoms with Crippen molar-refractivity contribution >= 4 is 23.2 Å². The predicted molar refractivity (Wildman–Crippen MR) is 88.3 cm³/mol. The highest BCUT2D eigenvalue weighted by molar-refractivity contribution is 7.17. The van der Waals surface area contributed by atoms with E-state index in [1.807, 2.05) is 25.1 Å². The first-order valence-corrected chi connectivity index (χ1v) is 8.26. The highest BCUT2D eigenvalue weighted by Crippen LogP contribution is 2.26. The van der Waals surface area contributed by atoms with Gasteiger partial charge in [-0.25, -0.2) is 9.78 Å². The molecule has 122 valence electrons. The Kier molecular flexibility index (Phi) is 6.22. The van der Waals surface area contributed by atoms with E-state index in [1.54, 1.807) is 13.1 Å². The maximum atomic E-state index is 12.1. The Morgan fingerprint density at radius 2 is 2.17 bits per heavy atom. The zero-order valence-corrected chi connectivity index (χ0v) is 14.0. The molecule has 2 heterocycles. The largest absolute Gasteiger partial charge is 0.451 e. The number of pyridine rings is 1.